The van der Waals surface area contributed by atoms with Crippen LogP contribution in [0.25, 0.3) is 0 Å². The van der Waals surface area contributed by atoms with Gasteiger partial charge in [-0.2, -0.15) is 0 Å². The quantitative estimate of drug-likeness (QED) is 0.658. The Morgan fingerprint density at radius 1 is 1.17 bits per heavy atom. The number of aromatic nitrogens is 1. The lowest BCUT2D eigenvalue weighted by Gasteiger charge is -2.12. The van der Waals surface area contributed by atoms with Gasteiger partial charge in [0, 0.05) is 12.7 Å². The molecule has 0 bridgehead atoms. The number of aliphatic imine (C=N–C) groups is 1. The van der Waals surface area contributed by atoms with Crippen molar-refractivity contribution in [2.75, 3.05) is 6.54 Å². The van der Waals surface area contributed by atoms with Crippen molar-refractivity contribution in [1.82, 2.24) is 15.6 Å². The van der Waals surface area contributed by atoms with Crippen LogP contribution in [0.15, 0.2) is 41.5 Å². The molecule has 0 fully saturated rings. The minimum absolute atomic E-state index is 0.195. The van der Waals surface area contributed by atoms with Gasteiger partial charge in [-0.15, -0.1) is 0 Å². The van der Waals surface area contributed by atoms with E-state index in [1.54, 1.807) is 19.2 Å². The van der Waals surface area contributed by atoms with Crippen molar-refractivity contribution in [3.05, 3.63) is 64.7 Å². The van der Waals surface area contributed by atoms with Crippen LogP contribution in [0.4, 0.5) is 4.39 Å². The van der Waals surface area contributed by atoms with Crippen LogP contribution in [0.2, 0.25) is 0 Å². The Hall–Kier alpha value is -2.43. The van der Waals surface area contributed by atoms with Gasteiger partial charge in [-0.25, -0.2) is 9.38 Å². The third-order valence-electron chi connectivity index (χ3n) is 3.54. The van der Waals surface area contributed by atoms with E-state index in [9.17, 15) is 4.39 Å². The molecule has 0 saturated heterocycles. The predicted molar refractivity (Wildman–Crippen MR) is 91.8 cm³/mol. The minimum Gasteiger partial charge on any atom is -0.357 e. The van der Waals surface area contributed by atoms with E-state index < -0.39 is 0 Å². The van der Waals surface area contributed by atoms with Gasteiger partial charge in [-0.05, 0) is 49.6 Å². The molecule has 0 unspecified atom stereocenters. The fraction of sp³-hybridized carbons (Fsp3) is 0.333. The molecule has 1 heterocycles. The molecule has 4 nitrogen and oxygen atoms in total. The Balaban J connectivity index is 2.02. The van der Waals surface area contributed by atoms with Gasteiger partial charge in [-0.3, -0.25) is 4.98 Å². The molecule has 23 heavy (non-hydrogen) atoms. The summed E-state index contributed by atoms with van der Waals surface area (Å²) >= 11 is 0. The van der Waals surface area contributed by atoms with Gasteiger partial charge in [0.05, 0.1) is 18.8 Å². The molecule has 0 spiro atoms. The summed E-state index contributed by atoms with van der Waals surface area (Å²) in [4.78, 5) is 8.85. The standard InChI is InChI=1S/C18H23FN4/c1-4-20-18(23-12-17-14(3)6-5-9-21-17)22-11-15-8-7-13(2)16(19)10-15/h5-10H,4,11-12H2,1-3H3,(H2,20,22,23). The highest BCUT2D eigenvalue weighted by atomic mass is 19.1. The number of nitrogens with zero attached hydrogens (tertiary/aromatic N) is 2. The number of halogens is 1. The van der Waals surface area contributed by atoms with Gasteiger partial charge < -0.3 is 10.6 Å². The molecule has 122 valence electrons. The monoisotopic (exact) mass is 314 g/mol. The molecule has 5 heteroatoms. The van der Waals surface area contributed by atoms with E-state index in [-0.39, 0.29) is 5.82 Å². The van der Waals surface area contributed by atoms with Crippen molar-refractivity contribution >= 4 is 5.96 Å². The van der Waals surface area contributed by atoms with Crippen LogP contribution in [-0.2, 0) is 13.1 Å². The molecule has 2 rings (SSSR count). The topological polar surface area (TPSA) is 49.3 Å². The van der Waals surface area contributed by atoms with E-state index in [0.717, 1.165) is 23.4 Å². The molecule has 0 saturated carbocycles. The zero-order chi connectivity index (χ0) is 16.7. The fourth-order valence-electron chi connectivity index (χ4n) is 2.12. The smallest absolute Gasteiger partial charge is 0.191 e. The lowest BCUT2D eigenvalue weighted by Crippen LogP contribution is -2.37. The second kappa shape index (κ2) is 8.27. The van der Waals surface area contributed by atoms with E-state index in [1.165, 1.54) is 6.07 Å². The molecule has 0 aliphatic rings. The van der Waals surface area contributed by atoms with Crippen molar-refractivity contribution in [2.45, 2.75) is 33.9 Å². The summed E-state index contributed by atoms with van der Waals surface area (Å²) in [7, 11) is 0. The summed E-state index contributed by atoms with van der Waals surface area (Å²) in [5, 5.41) is 6.44. The number of hydrogen-bond donors (Lipinski definition) is 2. The first-order valence-corrected chi connectivity index (χ1v) is 7.78. The number of aryl methyl sites for hydroxylation is 2. The van der Waals surface area contributed by atoms with E-state index in [1.807, 2.05) is 32.0 Å². The number of guanidine groups is 1. The summed E-state index contributed by atoms with van der Waals surface area (Å²) in [6.07, 6.45) is 1.78. The Bertz CT molecular complexity index is 682. The summed E-state index contributed by atoms with van der Waals surface area (Å²) in [5.74, 6) is 0.498. The molecular formula is C18H23FN4. The molecule has 0 amide bonds. The van der Waals surface area contributed by atoms with Crippen LogP contribution in [0, 0.1) is 19.7 Å². The van der Waals surface area contributed by atoms with Crippen molar-refractivity contribution in [3.8, 4) is 0 Å². The highest BCUT2D eigenvalue weighted by Crippen LogP contribution is 2.10. The molecule has 0 aliphatic heterocycles. The number of benzene rings is 1. The highest BCUT2D eigenvalue weighted by Gasteiger charge is 2.03. The maximum atomic E-state index is 13.6. The lowest BCUT2D eigenvalue weighted by atomic mass is 10.1. The number of nitrogens with one attached hydrogen (secondary N) is 2. The normalized spacial score (nSPS) is 11.4. The zero-order valence-electron chi connectivity index (χ0n) is 13.9. The van der Waals surface area contributed by atoms with Gasteiger partial charge in [0.25, 0.3) is 0 Å². The molecular weight excluding hydrogens is 291 g/mol. The largest absolute Gasteiger partial charge is 0.357 e. The number of hydrogen-bond acceptors (Lipinski definition) is 2. The molecule has 0 atom stereocenters. The van der Waals surface area contributed by atoms with Crippen LogP contribution in [0.5, 0.6) is 0 Å². The Labute approximate surface area is 136 Å². The molecule has 2 N–H and O–H groups in total. The average molecular weight is 314 g/mol. The fourth-order valence-corrected chi connectivity index (χ4v) is 2.12. The van der Waals surface area contributed by atoms with Crippen LogP contribution >= 0.6 is 0 Å². The summed E-state index contributed by atoms with van der Waals surface area (Å²) in [6.45, 7) is 7.57. The van der Waals surface area contributed by atoms with E-state index in [0.29, 0.717) is 24.6 Å². The second-order valence-electron chi connectivity index (χ2n) is 5.40. The number of rotatable bonds is 5. The third kappa shape index (κ3) is 5.06. The highest BCUT2D eigenvalue weighted by molar-refractivity contribution is 5.79. The van der Waals surface area contributed by atoms with Gasteiger partial charge in [0.1, 0.15) is 5.82 Å². The maximum absolute atomic E-state index is 13.6. The van der Waals surface area contributed by atoms with E-state index in [4.69, 9.17) is 0 Å². The van der Waals surface area contributed by atoms with Crippen molar-refractivity contribution in [3.63, 3.8) is 0 Å². The van der Waals surface area contributed by atoms with Crippen molar-refractivity contribution in [1.29, 1.82) is 0 Å². The van der Waals surface area contributed by atoms with Crippen molar-refractivity contribution in [2.24, 2.45) is 4.99 Å². The molecule has 0 aliphatic carbocycles. The van der Waals surface area contributed by atoms with Crippen LogP contribution in [0.3, 0.4) is 0 Å². The van der Waals surface area contributed by atoms with Gasteiger partial charge in [0.2, 0.25) is 0 Å². The lowest BCUT2D eigenvalue weighted by molar-refractivity contribution is 0.616. The molecule has 0 radical (unpaired) electrons. The molecule has 1 aromatic carbocycles. The summed E-state index contributed by atoms with van der Waals surface area (Å²) in [6, 6.07) is 9.16. The van der Waals surface area contributed by atoms with E-state index in [2.05, 4.69) is 20.6 Å². The minimum atomic E-state index is -0.195. The van der Waals surface area contributed by atoms with Crippen molar-refractivity contribution < 1.29 is 4.39 Å². The number of pyridine rings is 1. The first kappa shape index (κ1) is 16.9. The second-order valence-corrected chi connectivity index (χ2v) is 5.40. The van der Waals surface area contributed by atoms with Crippen LogP contribution in [-0.4, -0.2) is 17.5 Å². The van der Waals surface area contributed by atoms with Gasteiger partial charge in [0.15, 0.2) is 5.96 Å². The summed E-state index contributed by atoms with van der Waals surface area (Å²) in [5.41, 5.74) is 3.61. The first-order chi connectivity index (χ1) is 11.1. The van der Waals surface area contributed by atoms with Gasteiger partial charge in [-0.1, -0.05) is 18.2 Å². The SMILES string of the molecule is CCNC(=NCc1ccc(C)c(F)c1)NCc1ncccc1C. The summed E-state index contributed by atoms with van der Waals surface area (Å²) < 4.78 is 13.6. The Morgan fingerprint density at radius 2 is 2.00 bits per heavy atom. The van der Waals surface area contributed by atoms with Crippen LogP contribution in [0.1, 0.15) is 29.3 Å². The van der Waals surface area contributed by atoms with E-state index >= 15 is 0 Å². The van der Waals surface area contributed by atoms with Crippen LogP contribution < -0.4 is 10.6 Å². The van der Waals surface area contributed by atoms with Gasteiger partial charge >= 0.3 is 0 Å². The third-order valence-corrected chi connectivity index (χ3v) is 3.54. The Morgan fingerprint density at radius 3 is 2.70 bits per heavy atom. The maximum Gasteiger partial charge on any atom is 0.191 e. The zero-order valence-corrected chi connectivity index (χ0v) is 13.9. The molecule has 1 aromatic heterocycles. The average Bonchev–Trinajstić information content (AvgIpc) is 2.54. The predicted octanol–water partition coefficient (Wildman–Crippen LogP) is 3.09. The Kier molecular flexibility index (Phi) is 6.09. The first-order valence-electron chi connectivity index (χ1n) is 7.78. The molecule has 2 aromatic rings.